The summed E-state index contributed by atoms with van der Waals surface area (Å²) >= 11 is 7.92. The quantitative estimate of drug-likeness (QED) is 0.568. The van der Waals surface area contributed by atoms with Gasteiger partial charge < -0.3 is 20.6 Å². The Balaban J connectivity index is 1.90. The summed E-state index contributed by atoms with van der Waals surface area (Å²) < 4.78 is 0. The van der Waals surface area contributed by atoms with Crippen molar-refractivity contribution in [2.24, 2.45) is 0 Å². The summed E-state index contributed by atoms with van der Waals surface area (Å²) in [5, 5.41) is 16.3. The Morgan fingerprint density at radius 2 is 2.11 bits per heavy atom. The van der Waals surface area contributed by atoms with Crippen LogP contribution in [0.2, 0.25) is 5.02 Å². The SMILES string of the molecule is CC(C)Nc1cc(C2=CN(Cc3ccccc3CO)C(NC=O)S2)c(Cl)cn1. The summed E-state index contributed by atoms with van der Waals surface area (Å²) in [6.45, 7) is 4.62. The molecule has 1 aliphatic rings. The molecule has 1 aromatic carbocycles. The van der Waals surface area contributed by atoms with Gasteiger partial charge in [-0.05, 0) is 31.0 Å². The van der Waals surface area contributed by atoms with Gasteiger partial charge in [0.05, 0.1) is 11.6 Å². The van der Waals surface area contributed by atoms with Crippen LogP contribution in [0.4, 0.5) is 5.82 Å². The number of anilines is 1. The van der Waals surface area contributed by atoms with E-state index in [0.717, 1.165) is 27.4 Å². The van der Waals surface area contributed by atoms with Crippen molar-refractivity contribution in [1.82, 2.24) is 15.2 Å². The lowest BCUT2D eigenvalue weighted by molar-refractivity contribution is -0.110. The van der Waals surface area contributed by atoms with Gasteiger partial charge in [-0.3, -0.25) is 4.79 Å². The van der Waals surface area contributed by atoms with Gasteiger partial charge in [0.1, 0.15) is 5.82 Å². The smallest absolute Gasteiger partial charge is 0.209 e. The van der Waals surface area contributed by atoms with Crippen LogP contribution in [0.15, 0.2) is 42.7 Å². The Bertz CT molecular complexity index is 875. The molecule has 1 aliphatic heterocycles. The fraction of sp³-hybridized carbons (Fsp3) is 0.300. The molecule has 0 saturated carbocycles. The molecule has 0 saturated heterocycles. The van der Waals surface area contributed by atoms with E-state index in [2.05, 4.69) is 15.6 Å². The average Bonchev–Trinajstić information content (AvgIpc) is 3.06. The topological polar surface area (TPSA) is 77.5 Å². The van der Waals surface area contributed by atoms with Gasteiger partial charge in [0.25, 0.3) is 0 Å². The second-order valence-electron chi connectivity index (χ2n) is 6.70. The van der Waals surface area contributed by atoms with Crippen molar-refractivity contribution in [3.05, 3.63) is 64.4 Å². The zero-order chi connectivity index (χ0) is 20.1. The molecule has 148 valence electrons. The van der Waals surface area contributed by atoms with Gasteiger partial charge in [-0.15, -0.1) is 0 Å². The van der Waals surface area contributed by atoms with Crippen LogP contribution >= 0.6 is 23.4 Å². The number of amides is 1. The molecule has 1 aromatic heterocycles. The number of carbonyl (C=O) groups is 1. The summed E-state index contributed by atoms with van der Waals surface area (Å²) in [4.78, 5) is 18.4. The molecule has 0 radical (unpaired) electrons. The zero-order valence-corrected chi connectivity index (χ0v) is 17.3. The predicted octanol–water partition coefficient (Wildman–Crippen LogP) is 3.62. The van der Waals surface area contributed by atoms with Crippen molar-refractivity contribution in [1.29, 1.82) is 0 Å². The minimum atomic E-state index is -0.259. The second kappa shape index (κ2) is 9.32. The van der Waals surface area contributed by atoms with E-state index in [0.29, 0.717) is 18.0 Å². The van der Waals surface area contributed by atoms with E-state index in [1.165, 1.54) is 11.8 Å². The summed E-state index contributed by atoms with van der Waals surface area (Å²) in [5.41, 5.74) is 2.47. The molecule has 3 N–H and O–H groups in total. The van der Waals surface area contributed by atoms with Gasteiger partial charge >= 0.3 is 0 Å². The number of aliphatic hydroxyl groups excluding tert-OH is 1. The number of hydrogen-bond acceptors (Lipinski definition) is 6. The first kappa shape index (κ1) is 20.5. The molecular formula is C20H23ClN4O2S. The lowest BCUT2D eigenvalue weighted by atomic mass is 10.1. The molecule has 8 heteroatoms. The number of rotatable bonds is 8. The van der Waals surface area contributed by atoms with Gasteiger partial charge in [-0.2, -0.15) is 0 Å². The molecule has 2 heterocycles. The maximum Gasteiger partial charge on any atom is 0.209 e. The molecule has 0 aliphatic carbocycles. The number of hydrogen-bond donors (Lipinski definition) is 3. The molecule has 1 amide bonds. The first-order valence-corrected chi connectivity index (χ1v) is 10.2. The maximum atomic E-state index is 11.1. The van der Waals surface area contributed by atoms with Gasteiger partial charge in [-0.25, -0.2) is 4.98 Å². The number of nitrogens with zero attached hydrogens (tertiary/aromatic N) is 2. The van der Waals surface area contributed by atoms with E-state index in [4.69, 9.17) is 11.6 Å². The summed E-state index contributed by atoms with van der Waals surface area (Å²) in [7, 11) is 0. The van der Waals surface area contributed by atoms with Gasteiger partial charge in [-0.1, -0.05) is 47.6 Å². The highest BCUT2D eigenvalue weighted by molar-refractivity contribution is 8.09. The monoisotopic (exact) mass is 418 g/mol. The highest BCUT2D eigenvalue weighted by atomic mass is 35.5. The van der Waals surface area contributed by atoms with Crippen LogP contribution in [-0.2, 0) is 17.9 Å². The van der Waals surface area contributed by atoms with Crippen LogP contribution in [0.3, 0.4) is 0 Å². The van der Waals surface area contributed by atoms with Crippen molar-refractivity contribution in [2.75, 3.05) is 5.32 Å². The fourth-order valence-electron chi connectivity index (χ4n) is 2.95. The minimum Gasteiger partial charge on any atom is -0.392 e. The highest BCUT2D eigenvalue weighted by Gasteiger charge is 2.27. The van der Waals surface area contributed by atoms with Crippen LogP contribution < -0.4 is 10.6 Å². The number of aromatic nitrogens is 1. The van der Waals surface area contributed by atoms with Crippen molar-refractivity contribution < 1.29 is 9.90 Å². The Morgan fingerprint density at radius 3 is 2.79 bits per heavy atom. The molecule has 1 atom stereocenters. The van der Waals surface area contributed by atoms with Crippen LogP contribution in [0.1, 0.15) is 30.5 Å². The normalized spacial score (nSPS) is 16.2. The highest BCUT2D eigenvalue weighted by Crippen LogP contribution is 2.42. The Labute approximate surface area is 174 Å². The van der Waals surface area contributed by atoms with Crippen molar-refractivity contribution in [3.63, 3.8) is 0 Å². The lowest BCUT2D eigenvalue weighted by Crippen LogP contribution is -2.36. The average molecular weight is 419 g/mol. The number of halogens is 1. The zero-order valence-electron chi connectivity index (χ0n) is 15.7. The summed E-state index contributed by atoms with van der Waals surface area (Å²) in [6.07, 6.45) is 4.31. The first-order chi connectivity index (χ1) is 13.5. The van der Waals surface area contributed by atoms with E-state index in [9.17, 15) is 9.90 Å². The molecule has 6 nitrogen and oxygen atoms in total. The van der Waals surface area contributed by atoms with Gasteiger partial charge in [0, 0.05) is 35.5 Å². The molecule has 28 heavy (non-hydrogen) atoms. The van der Waals surface area contributed by atoms with Crippen molar-refractivity contribution >= 4 is 40.5 Å². The third-order valence-electron chi connectivity index (χ3n) is 4.23. The number of nitrogens with one attached hydrogen (secondary N) is 2. The number of pyridine rings is 1. The minimum absolute atomic E-state index is 0.0279. The Morgan fingerprint density at radius 1 is 1.36 bits per heavy atom. The third-order valence-corrected chi connectivity index (χ3v) is 5.74. The van der Waals surface area contributed by atoms with Crippen molar-refractivity contribution in [3.8, 4) is 0 Å². The van der Waals surface area contributed by atoms with E-state index >= 15 is 0 Å². The molecule has 0 bridgehead atoms. The molecule has 1 unspecified atom stereocenters. The summed E-state index contributed by atoms with van der Waals surface area (Å²) in [5.74, 6) is 0.750. The predicted molar refractivity (Wildman–Crippen MR) is 114 cm³/mol. The van der Waals surface area contributed by atoms with E-state index in [1.807, 2.05) is 55.3 Å². The van der Waals surface area contributed by atoms with Gasteiger partial charge in [0.2, 0.25) is 6.41 Å². The number of carbonyl (C=O) groups excluding carboxylic acids is 1. The maximum absolute atomic E-state index is 11.1. The number of benzene rings is 1. The largest absolute Gasteiger partial charge is 0.392 e. The summed E-state index contributed by atoms with van der Waals surface area (Å²) in [6, 6.07) is 9.89. The molecule has 3 rings (SSSR count). The second-order valence-corrected chi connectivity index (χ2v) is 8.22. The number of thioether (sulfide) groups is 1. The van der Waals surface area contributed by atoms with Crippen LogP contribution in [-0.4, -0.2) is 32.9 Å². The van der Waals surface area contributed by atoms with Crippen LogP contribution in [0.5, 0.6) is 0 Å². The third kappa shape index (κ3) is 4.79. The van der Waals surface area contributed by atoms with E-state index < -0.39 is 0 Å². The van der Waals surface area contributed by atoms with E-state index in [-0.39, 0.29) is 18.1 Å². The van der Waals surface area contributed by atoms with Crippen molar-refractivity contribution in [2.45, 2.75) is 38.5 Å². The molecular weight excluding hydrogens is 396 g/mol. The fourth-order valence-corrected chi connectivity index (χ4v) is 4.34. The molecule has 0 fully saturated rings. The standard InChI is InChI=1S/C20H23ClN4O2S/c1-13(2)24-19-7-16(17(21)8-22-19)18-10-25(20(28-18)23-12-27)9-14-5-3-4-6-15(14)11-26/h3-8,10,12-13,20,26H,9,11H2,1-2H3,(H,22,24)(H,23,27). The van der Waals surface area contributed by atoms with Gasteiger partial charge in [0.15, 0.2) is 5.50 Å². The van der Waals surface area contributed by atoms with Crippen LogP contribution in [0, 0.1) is 0 Å². The Hall–Kier alpha value is -2.22. The van der Waals surface area contributed by atoms with Crippen LogP contribution in [0.25, 0.3) is 4.91 Å². The molecule has 0 spiro atoms. The Kier molecular flexibility index (Phi) is 6.83. The number of aliphatic hydroxyl groups is 1. The molecule has 2 aromatic rings. The first-order valence-electron chi connectivity index (χ1n) is 8.96. The lowest BCUT2D eigenvalue weighted by Gasteiger charge is -2.24. The van der Waals surface area contributed by atoms with E-state index in [1.54, 1.807) is 6.20 Å².